The molecule has 1 aliphatic heterocycles. The van der Waals surface area contributed by atoms with Crippen LogP contribution in [0.25, 0.3) is 22.3 Å². The molecule has 0 bridgehead atoms. The Labute approximate surface area is 218 Å². The Balaban J connectivity index is 1.47. The van der Waals surface area contributed by atoms with Gasteiger partial charge in [0.05, 0.1) is 22.7 Å². The number of para-hydroxylation sites is 1. The Morgan fingerprint density at radius 1 is 1.11 bits per heavy atom. The lowest BCUT2D eigenvalue weighted by Crippen LogP contribution is -2.25. The number of fused-ring (bicyclic) bond motifs is 1. The van der Waals surface area contributed by atoms with E-state index < -0.39 is 0 Å². The second kappa shape index (κ2) is 10.9. The zero-order chi connectivity index (χ0) is 25.1. The molecule has 5 rings (SSSR count). The van der Waals surface area contributed by atoms with Crippen molar-refractivity contribution in [1.82, 2.24) is 14.9 Å². The maximum absolute atomic E-state index is 13.3. The Morgan fingerprint density at radius 3 is 2.61 bits per heavy atom. The molecule has 186 valence electrons. The predicted octanol–water partition coefficient (Wildman–Crippen LogP) is 6.11. The number of hydrogen-bond donors (Lipinski definition) is 0. The molecular formula is C27H25Cl2N3O4. The Hall–Kier alpha value is -3.13. The van der Waals surface area contributed by atoms with Crippen LogP contribution in [0.15, 0.2) is 53.3 Å². The fourth-order valence-corrected chi connectivity index (χ4v) is 4.95. The van der Waals surface area contributed by atoms with Crippen molar-refractivity contribution in [2.75, 3.05) is 33.4 Å². The van der Waals surface area contributed by atoms with Crippen LogP contribution in [0.4, 0.5) is 0 Å². The van der Waals surface area contributed by atoms with Crippen molar-refractivity contribution >= 4 is 40.0 Å². The zero-order valence-electron chi connectivity index (χ0n) is 19.8. The van der Waals surface area contributed by atoms with E-state index in [4.69, 9.17) is 37.1 Å². The van der Waals surface area contributed by atoms with Gasteiger partial charge in [0.15, 0.2) is 11.4 Å². The van der Waals surface area contributed by atoms with E-state index in [2.05, 4.69) is 14.9 Å². The Bertz CT molecular complexity index is 1380. The number of furan rings is 1. The number of benzene rings is 1. The molecule has 36 heavy (non-hydrogen) atoms. The van der Waals surface area contributed by atoms with Gasteiger partial charge in [0.25, 0.3) is 5.88 Å². The van der Waals surface area contributed by atoms with Crippen molar-refractivity contribution in [1.29, 1.82) is 0 Å². The summed E-state index contributed by atoms with van der Waals surface area (Å²) in [6.07, 6.45) is 6.91. The molecule has 7 nitrogen and oxygen atoms in total. The molecule has 3 aromatic heterocycles. The molecule has 4 aromatic rings. The number of Topliss-reactive ketones (excluding diaryl/α,β-unsaturated/α-hetero) is 1. The number of nitrogens with zero attached hydrogens (tertiary/aromatic N) is 3. The molecule has 0 saturated carbocycles. The normalized spacial score (nSPS) is 13.9. The van der Waals surface area contributed by atoms with E-state index in [0.717, 1.165) is 25.2 Å². The first kappa shape index (κ1) is 24.6. The molecule has 0 aliphatic carbocycles. The third-order valence-electron chi connectivity index (χ3n) is 6.33. The van der Waals surface area contributed by atoms with Gasteiger partial charge >= 0.3 is 0 Å². The van der Waals surface area contributed by atoms with E-state index >= 15 is 0 Å². The lowest BCUT2D eigenvalue weighted by molar-refractivity contribution is 0.0994. The van der Waals surface area contributed by atoms with E-state index in [1.807, 2.05) is 30.3 Å². The van der Waals surface area contributed by atoms with Crippen LogP contribution in [0.1, 0.15) is 28.8 Å². The van der Waals surface area contributed by atoms with Gasteiger partial charge in [-0.2, -0.15) is 0 Å². The summed E-state index contributed by atoms with van der Waals surface area (Å²) in [5.74, 6) is 1.36. The van der Waals surface area contributed by atoms with Crippen molar-refractivity contribution < 1.29 is 18.7 Å². The van der Waals surface area contributed by atoms with E-state index in [1.165, 1.54) is 38.5 Å². The smallest absolute Gasteiger partial charge is 0.258 e. The number of likely N-dealkylation sites (tertiary alicyclic amines) is 1. The molecule has 0 spiro atoms. The van der Waals surface area contributed by atoms with Crippen molar-refractivity contribution in [3.63, 3.8) is 0 Å². The van der Waals surface area contributed by atoms with Gasteiger partial charge in [0.1, 0.15) is 18.1 Å². The minimum atomic E-state index is -0.201. The third kappa shape index (κ3) is 5.05. The molecule has 1 saturated heterocycles. The largest absolute Gasteiger partial charge is 0.491 e. The summed E-state index contributed by atoms with van der Waals surface area (Å²) >= 11 is 12.5. The maximum Gasteiger partial charge on any atom is 0.258 e. The minimum Gasteiger partial charge on any atom is -0.491 e. The summed E-state index contributed by atoms with van der Waals surface area (Å²) in [5.41, 5.74) is 2.08. The Kier molecular flexibility index (Phi) is 7.41. The number of carbonyl (C=O) groups is 1. The van der Waals surface area contributed by atoms with Crippen LogP contribution in [-0.2, 0) is 6.42 Å². The molecule has 4 heterocycles. The van der Waals surface area contributed by atoms with Crippen LogP contribution in [-0.4, -0.2) is 54.0 Å². The Morgan fingerprint density at radius 2 is 1.86 bits per heavy atom. The number of hydrogen-bond acceptors (Lipinski definition) is 7. The molecule has 0 N–H and O–H groups in total. The van der Waals surface area contributed by atoms with Crippen molar-refractivity contribution in [2.45, 2.75) is 19.3 Å². The highest BCUT2D eigenvalue weighted by atomic mass is 35.5. The average Bonchev–Trinajstić information content (AvgIpc) is 3.56. The van der Waals surface area contributed by atoms with Crippen LogP contribution >= 0.6 is 23.2 Å². The molecular weight excluding hydrogens is 501 g/mol. The molecule has 0 amide bonds. The fourth-order valence-electron chi connectivity index (χ4n) is 4.45. The van der Waals surface area contributed by atoms with Crippen LogP contribution in [0.2, 0.25) is 10.0 Å². The van der Waals surface area contributed by atoms with Gasteiger partial charge in [-0.1, -0.05) is 35.3 Å². The van der Waals surface area contributed by atoms with E-state index in [9.17, 15) is 4.79 Å². The van der Waals surface area contributed by atoms with Gasteiger partial charge in [0, 0.05) is 48.1 Å². The molecule has 1 aromatic carbocycles. The first-order chi connectivity index (χ1) is 17.5. The average molecular weight is 526 g/mol. The maximum atomic E-state index is 13.3. The highest BCUT2D eigenvalue weighted by molar-refractivity contribution is 6.36. The number of ketones is 1. The van der Waals surface area contributed by atoms with E-state index in [-0.39, 0.29) is 12.2 Å². The summed E-state index contributed by atoms with van der Waals surface area (Å²) in [6.45, 7) is 3.70. The molecule has 0 atom stereocenters. The summed E-state index contributed by atoms with van der Waals surface area (Å²) in [4.78, 5) is 24.0. The van der Waals surface area contributed by atoms with Gasteiger partial charge in [-0.3, -0.25) is 14.7 Å². The highest BCUT2D eigenvalue weighted by Crippen LogP contribution is 2.38. The number of methoxy groups -OCH3 is 1. The first-order valence-corrected chi connectivity index (χ1v) is 12.5. The molecule has 9 heteroatoms. The molecule has 0 unspecified atom stereocenters. The number of ether oxygens (including phenoxy) is 2. The summed E-state index contributed by atoms with van der Waals surface area (Å²) in [6, 6.07) is 9.52. The quantitative estimate of drug-likeness (QED) is 0.244. The standard InChI is InChI=1S/C27H25Cl2N3O4/c1-34-27-26-18(20(14-31-27)23(33)12-19-21(28)15-30-16-22(19)29)13-25(36-26)17-6-2-3-7-24(17)35-11-10-32-8-4-5-9-32/h2-3,6-7,13-16H,4-5,8-12H2,1H3. The van der Waals surface area contributed by atoms with Gasteiger partial charge in [0.2, 0.25) is 0 Å². The van der Waals surface area contributed by atoms with Gasteiger partial charge in [-0.15, -0.1) is 0 Å². The second-order valence-corrected chi connectivity index (χ2v) is 9.42. The highest BCUT2D eigenvalue weighted by Gasteiger charge is 2.22. The van der Waals surface area contributed by atoms with Crippen LogP contribution in [0.5, 0.6) is 11.6 Å². The van der Waals surface area contributed by atoms with Gasteiger partial charge < -0.3 is 13.9 Å². The summed E-state index contributed by atoms with van der Waals surface area (Å²) in [7, 11) is 1.51. The van der Waals surface area contributed by atoms with Crippen molar-refractivity contribution in [3.05, 3.63) is 70.1 Å². The number of rotatable bonds is 9. The number of halogens is 2. The molecule has 0 radical (unpaired) electrons. The van der Waals surface area contributed by atoms with Crippen molar-refractivity contribution in [2.24, 2.45) is 0 Å². The van der Waals surface area contributed by atoms with Crippen LogP contribution in [0, 0.1) is 0 Å². The van der Waals surface area contributed by atoms with E-state index in [1.54, 1.807) is 0 Å². The molecule has 1 fully saturated rings. The fraction of sp³-hybridized carbons (Fsp3) is 0.296. The third-order valence-corrected chi connectivity index (χ3v) is 6.98. The van der Waals surface area contributed by atoms with Crippen molar-refractivity contribution in [3.8, 4) is 23.0 Å². The van der Waals surface area contributed by atoms with Crippen LogP contribution < -0.4 is 9.47 Å². The SMILES string of the molecule is COc1ncc(C(=O)Cc2c(Cl)cncc2Cl)c2cc(-c3ccccc3OCCN3CCCC3)oc12. The zero-order valence-corrected chi connectivity index (χ0v) is 21.3. The molecule has 1 aliphatic rings. The predicted molar refractivity (Wildman–Crippen MR) is 139 cm³/mol. The summed E-state index contributed by atoms with van der Waals surface area (Å²) in [5, 5.41) is 1.26. The number of aromatic nitrogens is 2. The topological polar surface area (TPSA) is 77.7 Å². The van der Waals surface area contributed by atoms with Crippen LogP contribution in [0.3, 0.4) is 0 Å². The number of pyridine rings is 2. The lowest BCUT2D eigenvalue weighted by atomic mass is 10.0. The second-order valence-electron chi connectivity index (χ2n) is 8.61. The van der Waals surface area contributed by atoms with E-state index in [0.29, 0.717) is 56.1 Å². The monoisotopic (exact) mass is 525 g/mol. The summed E-state index contributed by atoms with van der Waals surface area (Å²) < 4.78 is 17.7. The lowest BCUT2D eigenvalue weighted by Gasteiger charge is -2.16. The minimum absolute atomic E-state index is 0.00000685. The number of carbonyl (C=O) groups excluding carboxylic acids is 1. The first-order valence-electron chi connectivity index (χ1n) is 11.8. The van der Waals surface area contributed by atoms with Gasteiger partial charge in [-0.25, -0.2) is 4.98 Å². The van der Waals surface area contributed by atoms with Gasteiger partial charge in [-0.05, 0) is 44.1 Å².